The SMILES string of the molecule is C[C@@H](O)[C@H](N)C(=O)N[C@@H](CCC(N)=O)C(=O)N[C@@H](CC(N)=O)C(=O)N[C@H](C(=O)O)[C@@H](C)O. The van der Waals surface area contributed by atoms with Crippen molar-refractivity contribution in [2.75, 3.05) is 0 Å². The first kappa shape index (κ1) is 28.7. The van der Waals surface area contributed by atoms with E-state index < -0.39 is 78.3 Å². The van der Waals surface area contributed by atoms with Crippen molar-refractivity contribution in [1.82, 2.24) is 16.0 Å². The van der Waals surface area contributed by atoms with Crippen LogP contribution < -0.4 is 33.2 Å². The number of carboxylic acid groups (broad SMARTS) is 1. The molecular formula is C17H30N6O9. The van der Waals surface area contributed by atoms with Crippen molar-refractivity contribution in [1.29, 1.82) is 0 Å². The van der Waals surface area contributed by atoms with E-state index in [4.69, 9.17) is 22.3 Å². The predicted octanol–water partition coefficient (Wildman–Crippen LogP) is -5.24. The van der Waals surface area contributed by atoms with Gasteiger partial charge in [-0.3, -0.25) is 24.0 Å². The van der Waals surface area contributed by atoms with Crippen molar-refractivity contribution in [2.45, 2.75) is 69.5 Å². The van der Waals surface area contributed by atoms with E-state index in [9.17, 15) is 39.0 Å². The summed E-state index contributed by atoms with van der Waals surface area (Å²) in [6.07, 6.45) is -4.18. The van der Waals surface area contributed by atoms with Crippen LogP contribution in [0.2, 0.25) is 0 Å². The van der Waals surface area contributed by atoms with Crippen molar-refractivity contribution < 1.29 is 44.1 Å². The number of aliphatic carboxylic acids is 1. The molecule has 0 saturated carbocycles. The molecule has 32 heavy (non-hydrogen) atoms. The van der Waals surface area contributed by atoms with Crippen LogP contribution in [0, 0.1) is 0 Å². The molecule has 0 bridgehead atoms. The Kier molecular flexibility index (Phi) is 11.8. The van der Waals surface area contributed by atoms with E-state index in [1.54, 1.807) is 0 Å². The Labute approximate surface area is 183 Å². The summed E-state index contributed by atoms with van der Waals surface area (Å²) in [7, 11) is 0. The van der Waals surface area contributed by atoms with Crippen LogP contribution in [0.4, 0.5) is 0 Å². The van der Waals surface area contributed by atoms with Gasteiger partial charge in [-0.15, -0.1) is 0 Å². The minimum Gasteiger partial charge on any atom is -0.480 e. The lowest BCUT2D eigenvalue weighted by Gasteiger charge is -2.25. The molecule has 0 aromatic carbocycles. The number of rotatable bonds is 14. The fourth-order valence-corrected chi connectivity index (χ4v) is 2.37. The zero-order valence-corrected chi connectivity index (χ0v) is 17.6. The van der Waals surface area contributed by atoms with Gasteiger partial charge in [0.15, 0.2) is 6.04 Å². The highest BCUT2D eigenvalue weighted by atomic mass is 16.4. The summed E-state index contributed by atoms with van der Waals surface area (Å²) < 4.78 is 0. The Bertz CT molecular complexity index is 727. The zero-order chi connectivity index (χ0) is 25.2. The number of hydrogen-bond acceptors (Lipinski definition) is 9. The Morgan fingerprint density at radius 2 is 1.28 bits per heavy atom. The third kappa shape index (κ3) is 10.1. The van der Waals surface area contributed by atoms with Crippen LogP contribution in [0.3, 0.4) is 0 Å². The maximum atomic E-state index is 12.7. The molecule has 0 fully saturated rings. The van der Waals surface area contributed by atoms with Gasteiger partial charge in [-0.1, -0.05) is 0 Å². The van der Waals surface area contributed by atoms with Gasteiger partial charge in [-0.05, 0) is 20.3 Å². The van der Waals surface area contributed by atoms with E-state index in [2.05, 4.69) is 10.6 Å². The Balaban J connectivity index is 5.59. The average Bonchev–Trinajstić information content (AvgIpc) is 2.66. The van der Waals surface area contributed by atoms with Gasteiger partial charge < -0.3 is 48.5 Å². The summed E-state index contributed by atoms with van der Waals surface area (Å²) in [6.45, 7) is 2.33. The Morgan fingerprint density at radius 3 is 1.69 bits per heavy atom. The van der Waals surface area contributed by atoms with Gasteiger partial charge in [0.1, 0.15) is 18.1 Å². The predicted molar refractivity (Wildman–Crippen MR) is 107 cm³/mol. The molecular weight excluding hydrogens is 432 g/mol. The van der Waals surface area contributed by atoms with Gasteiger partial charge in [-0.2, -0.15) is 0 Å². The zero-order valence-electron chi connectivity index (χ0n) is 17.6. The number of hydrogen-bond donors (Lipinski definition) is 9. The van der Waals surface area contributed by atoms with E-state index in [0.717, 1.165) is 6.92 Å². The fourth-order valence-electron chi connectivity index (χ4n) is 2.37. The van der Waals surface area contributed by atoms with Crippen LogP contribution >= 0.6 is 0 Å². The first-order valence-corrected chi connectivity index (χ1v) is 9.49. The van der Waals surface area contributed by atoms with Crippen molar-refractivity contribution in [2.24, 2.45) is 17.2 Å². The number of aliphatic hydroxyl groups is 2. The third-order valence-electron chi connectivity index (χ3n) is 4.22. The molecule has 0 aromatic rings. The summed E-state index contributed by atoms with van der Waals surface area (Å²) in [5.74, 6) is -6.53. The molecule has 0 unspecified atom stereocenters. The van der Waals surface area contributed by atoms with E-state index in [-0.39, 0.29) is 12.8 Å². The van der Waals surface area contributed by atoms with Crippen molar-refractivity contribution >= 4 is 35.5 Å². The lowest BCUT2D eigenvalue weighted by molar-refractivity contribution is -0.145. The molecule has 182 valence electrons. The second-order valence-electron chi connectivity index (χ2n) is 7.13. The van der Waals surface area contributed by atoms with Gasteiger partial charge in [-0.25, -0.2) is 4.79 Å². The number of aliphatic hydroxyl groups excluding tert-OH is 2. The van der Waals surface area contributed by atoms with Crippen LogP contribution in [-0.2, 0) is 28.8 Å². The second-order valence-corrected chi connectivity index (χ2v) is 7.13. The number of carbonyl (C=O) groups is 6. The lowest BCUT2D eigenvalue weighted by atomic mass is 10.1. The fraction of sp³-hybridized carbons (Fsp3) is 0.647. The van der Waals surface area contributed by atoms with Gasteiger partial charge in [0.05, 0.1) is 18.6 Å². The highest BCUT2D eigenvalue weighted by Gasteiger charge is 2.33. The van der Waals surface area contributed by atoms with Crippen LogP contribution in [0.5, 0.6) is 0 Å². The smallest absolute Gasteiger partial charge is 0.328 e. The van der Waals surface area contributed by atoms with E-state index in [0.29, 0.717) is 0 Å². The van der Waals surface area contributed by atoms with Crippen LogP contribution in [0.25, 0.3) is 0 Å². The minimum absolute atomic E-state index is 0.310. The number of nitrogens with two attached hydrogens (primary N) is 3. The summed E-state index contributed by atoms with van der Waals surface area (Å²) in [5.41, 5.74) is 15.6. The molecule has 12 N–H and O–H groups in total. The lowest BCUT2D eigenvalue weighted by Crippen LogP contribution is -2.59. The third-order valence-corrected chi connectivity index (χ3v) is 4.22. The summed E-state index contributed by atoms with van der Waals surface area (Å²) in [6, 6.07) is -6.27. The molecule has 6 atom stereocenters. The monoisotopic (exact) mass is 462 g/mol. The highest BCUT2D eigenvalue weighted by molar-refractivity contribution is 5.96. The molecule has 15 heteroatoms. The Hall–Kier alpha value is -3.30. The summed E-state index contributed by atoms with van der Waals surface area (Å²) in [5, 5.41) is 34.3. The van der Waals surface area contributed by atoms with Gasteiger partial charge in [0.25, 0.3) is 0 Å². The number of amides is 5. The Morgan fingerprint density at radius 1 is 0.781 bits per heavy atom. The molecule has 0 spiro atoms. The summed E-state index contributed by atoms with van der Waals surface area (Å²) in [4.78, 5) is 70.7. The van der Waals surface area contributed by atoms with Crippen molar-refractivity contribution in [3.05, 3.63) is 0 Å². The first-order chi connectivity index (χ1) is 14.7. The number of carbonyl (C=O) groups excluding carboxylic acids is 5. The van der Waals surface area contributed by atoms with E-state index >= 15 is 0 Å². The maximum Gasteiger partial charge on any atom is 0.328 e. The molecule has 0 aliphatic rings. The van der Waals surface area contributed by atoms with Crippen LogP contribution in [0.1, 0.15) is 33.1 Å². The minimum atomic E-state index is -1.75. The molecule has 0 rings (SSSR count). The number of nitrogens with one attached hydrogen (secondary N) is 3. The number of primary amides is 2. The van der Waals surface area contributed by atoms with Gasteiger partial charge >= 0.3 is 5.97 Å². The molecule has 0 heterocycles. The quantitative estimate of drug-likeness (QED) is 0.118. The normalized spacial score (nSPS) is 16.4. The largest absolute Gasteiger partial charge is 0.480 e. The van der Waals surface area contributed by atoms with Crippen molar-refractivity contribution in [3.63, 3.8) is 0 Å². The standard InChI is InChI=1S/C17H30N6O9/c1-6(24)12(20)16(30)21-8(3-4-10(18)26)14(28)22-9(5-11(19)27)15(29)23-13(7(2)25)17(31)32/h6-9,12-13,24-25H,3-5,20H2,1-2H3,(H2,18,26)(H2,19,27)(H,21,30)(H,22,28)(H,23,29)(H,31,32)/t6-,7-,8+,9+,12+,13+/m1/s1. The van der Waals surface area contributed by atoms with Gasteiger partial charge in [0.2, 0.25) is 29.5 Å². The molecule has 0 aliphatic carbocycles. The molecule has 0 saturated heterocycles. The highest BCUT2D eigenvalue weighted by Crippen LogP contribution is 2.03. The number of carboxylic acids is 1. The molecule has 5 amide bonds. The maximum absolute atomic E-state index is 12.7. The van der Waals surface area contributed by atoms with E-state index in [1.807, 2.05) is 5.32 Å². The first-order valence-electron chi connectivity index (χ1n) is 9.49. The van der Waals surface area contributed by atoms with E-state index in [1.165, 1.54) is 6.92 Å². The molecule has 0 radical (unpaired) electrons. The molecule has 0 aromatic heterocycles. The second kappa shape index (κ2) is 13.2. The van der Waals surface area contributed by atoms with Gasteiger partial charge in [0, 0.05) is 6.42 Å². The van der Waals surface area contributed by atoms with Crippen LogP contribution in [-0.4, -0.2) is 87.2 Å². The molecule has 0 aliphatic heterocycles. The topological polar surface area (TPSA) is 277 Å². The average molecular weight is 462 g/mol. The van der Waals surface area contributed by atoms with Crippen LogP contribution in [0.15, 0.2) is 0 Å². The van der Waals surface area contributed by atoms with Crippen molar-refractivity contribution in [3.8, 4) is 0 Å². The summed E-state index contributed by atoms with van der Waals surface area (Å²) >= 11 is 0. The molecule has 15 nitrogen and oxygen atoms in total.